The highest BCUT2D eigenvalue weighted by atomic mass is 16.4. The third-order valence-corrected chi connectivity index (χ3v) is 4.71. The van der Waals surface area contributed by atoms with Gasteiger partial charge in [-0.15, -0.1) is 0 Å². The maximum Gasteiger partial charge on any atom is 0.335 e. The largest absolute Gasteiger partial charge is 0.478 e. The minimum absolute atomic E-state index is 0.00541. The molecule has 0 aromatic heterocycles. The number of carbonyl (C=O) groups excluding carboxylic acids is 2. The molecule has 6 heteroatoms. The number of benzene rings is 2. The minimum Gasteiger partial charge on any atom is -0.478 e. The van der Waals surface area contributed by atoms with Crippen LogP contribution in [0, 0.1) is 0 Å². The van der Waals surface area contributed by atoms with E-state index in [1.807, 2.05) is 18.2 Å². The van der Waals surface area contributed by atoms with Gasteiger partial charge in [0, 0.05) is 31.7 Å². The predicted molar refractivity (Wildman–Crippen MR) is 101 cm³/mol. The van der Waals surface area contributed by atoms with Crippen LogP contribution in [0.5, 0.6) is 0 Å². The van der Waals surface area contributed by atoms with E-state index in [0.717, 1.165) is 12.0 Å². The van der Waals surface area contributed by atoms with Gasteiger partial charge in [0.15, 0.2) is 0 Å². The first kappa shape index (κ1) is 18.6. The van der Waals surface area contributed by atoms with Gasteiger partial charge in [-0.2, -0.15) is 0 Å². The van der Waals surface area contributed by atoms with Gasteiger partial charge in [0.05, 0.1) is 12.0 Å². The zero-order chi connectivity index (χ0) is 19.2. The lowest BCUT2D eigenvalue weighted by Gasteiger charge is -2.22. The molecule has 0 aliphatic carbocycles. The quantitative estimate of drug-likeness (QED) is 0.901. The lowest BCUT2D eigenvalue weighted by atomic mass is 10.1. The summed E-state index contributed by atoms with van der Waals surface area (Å²) in [4.78, 5) is 39.7. The third kappa shape index (κ3) is 4.73. The van der Waals surface area contributed by atoms with Crippen LogP contribution in [0.15, 0.2) is 54.6 Å². The van der Waals surface area contributed by atoms with E-state index in [1.54, 1.807) is 34.1 Å². The lowest BCUT2D eigenvalue weighted by Crippen LogP contribution is -2.38. The monoisotopic (exact) mass is 366 g/mol. The van der Waals surface area contributed by atoms with Crippen LogP contribution in [0.25, 0.3) is 0 Å². The Kier molecular flexibility index (Phi) is 5.86. The summed E-state index contributed by atoms with van der Waals surface area (Å²) in [5.74, 6) is -0.996. The lowest BCUT2D eigenvalue weighted by molar-refractivity contribution is -0.130. The molecular weight excluding hydrogens is 344 g/mol. The van der Waals surface area contributed by atoms with Crippen LogP contribution in [-0.4, -0.2) is 58.9 Å². The molecule has 1 N–H and O–H groups in total. The second kappa shape index (κ2) is 8.49. The number of hydrogen-bond donors (Lipinski definition) is 1. The second-order valence-electron chi connectivity index (χ2n) is 6.57. The summed E-state index contributed by atoms with van der Waals surface area (Å²) < 4.78 is 0. The Morgan fingerprint density at radius 1 is 0.778 bits per heavy atom. The Bertz CT molecular complexity index is 818. The zero-order valence-corrected chi connectivity index (χ0v) is 15.0. The first-order valence-electron chi connectivity index (χ1n) is 8.99. The van der Waals surface area contributed by atoms with E-state index in [4.69, 9.17) is 5.11 Å². The Labute approximate surface area is 158 Å². The normalized spacial score (nSPS) is 14.5. The molecule has 1 saturated heterocycles. The van der Waals surface area contributed by atoms with E-state index >= 15 is 0 Å². The van der Waals surface area contributed by atoms with Crippen molar-refractivity contribution in [3.05, 3.63) is 71.3 Å². The van der Waals surface area contributed by atoms with Crippen molar-refractivity contribution in [1.82, 2.24) is 9.80 Å². The van der Waals surface area contributed by atoms with Crippen LogP contribution in [0.4, 0.5) is 0 Å². The smallest absolute Gasteiger partial charge is 0.335 e. The first-order chi connectivity index (χ1) is 13.0. The summed E-state index contributed by atoms with van der Waals surface area (Å²) >= 11 is 0. The van der Waals surface area contributed by atoms with Crippen molar-refractivity contribution in [1.29, 1.82) is 0 Å². The summed E-state index contributed by atoms with van der Waals surface area (Å²) in [6.07, 6.45) is 0.967. The molecule has 2 amide bonds. The number of hydrogen-bond acceptors (Lipinski definition) is 3. The van der Waals surface area contributed by atoms with Crippen molar-refractivity contribution in [3.8, 4) is 0 Å². The van der Waals surface area contributed by atoms with Crippen LogP contribution < -0.4 is 0 Å². The average molecular weight is 366 g/mol. The van der Waals surface area contributed by atoms with Gasteiger partial charge in [0.25, 0.3) is 5.91 Å². The van der Waals surface area contributed by atoms with Crippen molar-refractivity contribution >= 4 is 17.8 Å². The standard InChI is InChI=1S/C21H22N2O4/c24-19(15-16-7-9-18(10-8-16)21(26)27)22-11-4-12-23(14-13-22)20(25)17-5-2-1-3-6-17/h1-3,5-10H,4,11-15H2,(H,26,27). The van der Waals surface area contributed by atoms with Crippen molar-refractivity contribution in [2.45, 2.75) is 12.8 Å². The summed E-state index contributed by atoms with van der Waals surface area (Å²) in [5.41, 5.74) is 1.65. The van der Waals surface area contributed by atoms with Crippen molar-refractivity contribution in [3.63, 3.8) is 0 Å². The average Bonchev–Trinajstić information content (AvgIpc) is 2.95. The fourth-order valence-electron chi connectivity index (χ4n) is 3.18. The summed E-state index contributed by atoms with van der Waals surface area (Å²) in [5, 5.41) is 8.94. The van der Waals surface area contributed by atoms with Crippen molar-refractivity contribution in [2.24, 2.45) is 0 Å². The number of nitrogens with zero attached hydrogens (tertiary/aromatic N) is 2. The highest BCUT2D eigenvalue weighted by molar-refractivity contribution is 5.94. The third-order valence-electron chi connectivity index (χ3n) is 4.71. The molecule has 0 spiro atoms. The van der Waals surface area contributed by atoms with Gasteiger partial charge in [0.2, 0.25) is 5.91 Å². The van der Waals surface area contributed by atoms with Gasteiger partial charge in [-0.25, -0.2) is 4.79 Å². The highest BCUT2D eigenvalue weighted by Crippen LogP contribution is 2.12. The Morgan fingerprint density at radius 2 is 1.41 bits per heavy atom. The SMILES string of the molecule is O=C(O)c1ccc(CC(=O)N2CCCN(C(=O)c3ccccc3)CC2)cc1. The number of carboxylic acid groups (broad SMARTS) is 1. The van der Waals surface area contributed by atoms with Gasteiger partial charge in [0.1, 0.15) is 0 Å². The van der Waals surface area contributed by atoms with E-state index in [9.17, 15) is 14.4 Å². The predicted octanol–water partition coefficient (Wildman–Crippen LogP) is 2.30. The number of aromatic carboxylic acids is 1. The Balaban J connectivity index is 1.58. The number of carboxylic acids is 1. The van der Waals surface area contributed by atoms with E-state index in [-0.39, 0.29) is 23.8 Å². The van der Waals surface area contributed by atoms with Gasteiger partial charge in [-0.1, -0.05) is 30.3 Å². The molecule has 1 heterocycles. The zero-order valence-electron chi connectivity index (χ0n) is 15.0. The molecule has 0 unspecified atom stereocenters. The maximum atomic E-state index is 12.6. The van der Waals surface area contributed by atoms with Crippen LogP contribution in [0.3, 0.4) is 0 Å². The van der Waals surface area contributed by atoms with Crippen LogP contribution in [-0.2, 0) is 11.2 Å². The van der Waals surface area contributed by atoms with Crippen LogP contribution in [0.2, 0.25) is 0 Å². The second-order valence-corrected chi connectivity index (χ2v) is 6.57. The number of rotatable bonds is 4. The molecule has 2 aromatic rings. The summed E-state index contributed by atoms with van der Waals surface area (Å²) in [6.45, 7) is 2.26. The van der Waals surface area contributed by atoms with Crippen molar-refractivity contribution in [2.75, 3.05) is 26.2 Å². The Hall–Kier alpha value is -3.15. The minimum atomic E-state index is -0.983. The maximum absolute atomic E-state index is 12.6. The molecule has 3 rings (SSSR count). The molecule has 0 bridgehead atoms. The van der Waals surface area contributed by atoms with E-state index in [2.05, 4.69) is 0 Å². The van der Waals surface area contributed by atoms with E-state index < -0.39 is 5.97 Å². The molecule has 0 radical (unpaired) electrons. The van der Waals surface area contributed by atoms with Crippen LogP contribution in [0.1, 0.15) is 32.7 Å². The fourth-order valence-corrected chi connectivity index (χ4v) is 3.18. The van der Waals surface area contributed by atoms with E-state index in [1.165, 1.54) is 12.1 Å². The molecule has 2 aromatic carbocycles. The summed E-state index contributed by atoms with van der Waals surface area (Å²) in [6, 6.07) is 15.5. The highest BCUT2D eigenvalue weighted by Gasteiger charge is 2.22. The van der Waals surface area contributed by atoms with Gasteiger partial charge in [-0.3, -0.25) is 9.59 Å². The molecule has 1 fully saturated rings. The number of carbonyl (C=O) groups is 3. The van der Waals surface area contributed by atoms with Crippen LogP contribution >= 0.6 is 0 Å². The molecular formula is C21H22N2O4. The molecule has 0 saturated carbocycles. The molecule has 6 nitrogen and oxygen atoms in total. The molecule has 1 aliphatic rings. The van der Waals surface area contributed by atoms with Gasteiger partial charge in [-0.05, 0) is 36.2 Å². The summed E-state index contributed by atoms with van der Waals surface area (Å²) in [7, 11) is 0. The van der Waals surface area contributed by atoms with Crippen molar-refractivity contribution < 1.29 is 19.5 Å². The van der Waals surface area contributed by atoms with E-state index in [0.29, 0.717) is 31.7 Å². The Morgan fingerprint density at radius 3 is 2.07 bits per heavy atom. The first-order valence-corrected chi connectivity index (χ1v) is 8.99. The molecule has 140 valence electrons. The molecule has 1 aliphatic heterocycles. The van der Waals surface area contributed by atoms with Gasteiger partial charge >= 0.3 is 5.97 Å². The number of amides is 2. The molecule has 27 heavy (non-hydrogen) atoms. The topological polar surface area (TPSA) is 77.9 Å². The fraction of sp³-hybridized carbons (Fsp3) is 0.286. The van der Waals surface area contributed by atoms with Gasteiger partial charge < -0.3 is 14.9 Å². The molecule has 0 atom stereocenters.